The third kappa shape index (κ3) is 4.16. The number of anilines is 1. The van der Waals surface area contributed by atoms with Crippen LogP contribution in [0.1, 0.15) is 30.5 Å². The maximum Gasteiger partial charge on any atom is 0.310 e. The van der Waals surface area contributed by atoms with E-state index in [-0.39, 0.29) is 11.9 Å². The van der Waals surface area contributed by atoms with Gasteiger partial charge >= 0.3 is 11.8 Å². The van der Waals surface area contributed by atoms with Gasteiger partial charge in [0.05, 0.1) is 0 Å². The average molecular weight is 365 g/mol. The van der Waals surface area contributed by atoms with Crippen LogP contribution in [0.5, 0.6) is 0 Å². The first-order chi connectivity index (χ1) is 13.0. The minimum absolute atomic E-state index is 0.155. The Morgan fingerprint density at radius 2 is 1.70 bits per heavy atom. The van der Waals surface area contributed by atoms with E-state index >= 15 is 0 Å². The largest absolute Gasteiger partial charge is 0.345 e. The Morgan fingerprint density at radius 3 is 2.44 bits per heavy atom. The molecule has 6 heteroatoms. The molecule has 0 saturated carbocycles. The Morgan fingerprint density at radius 1 is 1.04 bits per heavy atom. The van der Waals surface area contributed by atoms with Crippen molar-refractivity contribution < 1.29 is 14.4 Å². The van der Waals surface area contributed by atoms with E-state index in [1.54, 1.807) is 19.2 Å². The lowest BCUT2D eigenvalue weighted by Crippen LogP contribution is -2.46. The zero-order valence-electron chi connectivity index (χ0n) is 15.4. The summed E-state index contributed by atoms with van der Waals surface area (Å²) in [6, 6.07) is 16.2. The van der Waals surface area contributed by atoms with E-state index in [2.05, 4.69) is 10.6 Å². The van der Waals surface area contributed by atoms with Gasteiger partial charge in [0.25, 0.3) is 5.91 Å². The summed E-state index contributed by atoms with van der Waals surface area (Å²) in [5.41, 5.74) is 2.62. The van der Waals surface area contributed by atoms with Crippen molar-refractivity contribution in [3.63, 3.8) is 0 Å². The highest BCUT2D eigenvalue weighted by Crippen LogP contribution is 2.34. The summed E-state index contributed by atoms with van der Waals surface area (Å²) in [5.74, 6) is -1.78. The molecule has 0 fully saturated rings. The van der Waals surface area contributed by atoms with Crippen LogP contribution in [0.4, 0.5) is 5.69 Å². The fourth-order valence-corrected chi connectivity index (χ4v) is 3.21. The van der Waals surface area contributed by atoms with Gasteiger partial charge in [-0.25, -0.2) is 0 Å². The third-order valence-electron chi connectivity index (χ3n) is 4.75. The molecule has 1 aliphatic rings. The maximum atomic E-state index is 12.4. The topological polar surface area (TPSA) is 78.5 Å². The van der Waals surface area contributed by atoms with Crippen molar-refractivity contribution in [2.24, 2.45) is 0 Å². The predicted octanol–water partition coefficient (Wildman–Crippen LogP) is 1.96. The number of nitrogens with zero attached hydrogens (tertiary/aromatic N) is 1. The average Bonchev–Trinajstić information content (AvgIpc) is 2.92. The fourth-order valence-electron chi connectivity index (χ4n) is 3.21. The molecule has 2 N–H and O–H groups in total. The van der Waals surface area contributed by atoms with E-state index in [0.29, 0.717) is 5.56 Å². The molecule has 0 spiro atoms. The second-order valence-electron chi connectivity index (χ2n) is 6.76. The van der Waals surface area contributed by atoms with Crippen LogP contribution in [-0.2, 0) is 20.8 Å². The number of amides is 3. The van der Waals surface area contributed by atoms with Crippen molar-refractivity contribution in [3.05, 3.63) is 65.7 Å². The molecule has 2 aromatic carbocycles. The number of para-hydroxylation sites is 1. The first-order valence-corrected chi connectivity index (χ1v) is 8.99. The molecule has 0 unspecified atom stereocenters. The van der Waals surface area contributed by atoms with E-state index in [0.717, 1.165) is 18.5 Å². The molecule has 3 rings (SSSR count). The number of benzene rings is 2. The van der Waals surface area contributed by atoms with E-state index in [4.69, 9.17) is 0 Å². The second kappa shape index (κ2) is 8.03. The summed E-state index contributed by atoms with van der Waals surface area (Å²) < 4.78 is 0. The smallest absolute Gasteiger partial charge is 0.310 e. The molecule has 0 saturated heterocycles. The van der Waals surface area contributed by atoms with Gasteiger partial charge in [-0.3, -0.25) is 14.4 Å². The van der Waals surface area contributed by atoms with Crippen molar-refractivity contribution in [1.29, 1.82) is 0 Å². The molecule has 140 valence electrons. The van der Waals surface area contributed by atoms with Crippen molar-refractivity contribution in [2.75, 3.05) is 11.9 Å². The van der Waals surface area contributed by atoms with Crippen molar-refractivity contribution in [3.8, 4) is 0 Å². The molecule has 3 amide bonds. The van der Waals surface area contributed by atoms with Crippen LogP contribution < -0.4 is 15.5 Å². The summed E-state index contributed by atoms with van der Waals surface area (Å²) in [5, 5.41) is 5.25. The number of nitrogens with one attached hydrogen (secondary N) is 2. The Labute approximate surface area is 158 Å². The second-order valence-corrected chi connectivity index (χ2v) is 6.76. The molecule has 0 bridgehead atoms. The minimum Gasteiger partial charge on any atom is -0.345 e. The molecule has 2 aromatic rings. The van der Waals surface area contributed by atoms with Gasteiger partial charge in [0.2, 0.25) is 0 Å². The van der Waals surface area contributed by atoms with Gasteiger partial charge in [-0.15, -0.1) is 0 Å². The van der Waals surface area contributed by atoms with Crippen LogP contribution in [0, 0.1) is 0 Å². The van der Waals surface area contributed by atoms with Crippen LogP contribution >= 0.6 is 0 Å². The van der Waals surface area contributed by atoms with E-state index in [1.165, 1.54) is 10.5 Å². The van der Waals surface area contributed by atoms with Gasteiger partial charge in [0, 0.05) is 24.3 Å². The lowest BCUT2D eigenvalue weighted by molar-refractivity contribution is -0.140. The molecule has 27 heavy (non-hydrogen) atoms. The zero-order valence-corrected chi connectivity index (χ0v) is 15.4. The number of rotatable bonds is 5. The van der Waals surface area contributed by atoms with Gasteiger partial charge in [-0.1, -0.05) is 48.5 Å². The zero-order chi connectivity index (χ0) is 19.4. The van der Waals surface area contributed by atoms with Crippen LogP contribution in [0.3, 0.4) is 0 Å². The quantitative estimate of drug-likeness (QED) is 0.795. The number of aryl methyl sites for hydroxylation is 1. The van der Waals surface area contributed by atoms with Crippen LogP contribution in [-0.4, -0.2) is 30.8 Å². The van der Waals surface area contributed by atoms with Crippen molar-refractivity contribution in [2.45, 2.75) is 31.8 Å². The summed E-state index contributed by atoms with van der Waals surface area (Å²) >= 11 is 0. The molecule has 1 aliphatic heterocycles. The van der Waals surface area contributed by atoms with Gasteiger partial charge in [0.1, 0.15) is 6.04 Å². The number of carbonyl (C=O) groups excluding carboxylic acids is 3. The highest BCUT2D eigenvalue weighted by Gasteiger charge is 2.36. The lowest BCUT2D eigenvalue weighted by Gasteiger charge is -2.16. The van der Waals surface area contributed by atoms with Gasteiger partial charge in [-0.05, 0) is 31.4 Å². The summed E-state index contributed by atoms with van der Waals surface area (Å²) in [7, 11) is 1.65. The number of hydrogen-bond donors (Lipinski definition) is 2. The van der Waals surface area contributed by atoms with E-state index < -0.39 is 17.9 Å². The standard InChI is InChI=1S/C21H23N3O3/c1-14(12-13-15-8-4-3-5-9-15)22-19(25)20(26)23-18-16-10-6-7-11-17(16)24(2)21(18)27/h3-11,14,18H,12-13H2,1-2H3,(H,22,25)(H,23,26)/t14-,18-/m0/s1. The summed E-state index contributed by atoms with van der Waals surface area (Å²) in [6.07, 6.45) is 1.53. The van der Waals surface area contributed by atoms with Gasteiger partial charge < -0.3 is 15.5 Å². The maximum absolute atomic E-state index is 12.4. The Hall–Kier alpha value is -3.15. The predicted molar refractivity (Wildman–Crippen MR) is 103 cm³/mol. The van der Waals surface area contributed by atoms with Crippen molar-refractivity contribution in [1.82, 2.24) is 10.6 Å². The molecule has 6 nitrogen and oxygen atoms in total. The van der Waals surface area contributed by atoms with Crippen molar-refractivity contribution >= 4 is 23.4 Å². The van der Waals surface area contributed by atoms with Crippen LogP contribution in [0.25, 0.3) is 0 Å². The molecule has 1 heterocycles. The number of hydrogen-bond acceptors (Lipinski definition) is 3. The highest BCUT2D eigenvalue weighted by atomic mass is 16.2. The number of carbonyl (C=O) groups is 3. The first kappa shape index (κ1) is 18.6. The Balaban J connectivity index is 1.55. The Bertz CT molecular complexity index is 851. The molecule has 0 aliphatic carbocycles. The molecule has 0 radical (unpaired) electrons. The first-order valence-electron chi connectivity index (χ1n) is 8.99. The molecular weight excluding hydrogens is 342 g/mol. The molecule has 2 atom stereocenters. The molecular formula is C21H23N3O3. The SMILES string of the molecule is C[C@@H](CCc1ccccc1)NC(=O)C(=O)N[C@@H]1C(=O)N(C)c2ccccc21. The summed E-state index contributed by atoms with van der Waals surface area (Å²) in [6.45, 7) is 1.86. The normalized spacial score (nSPS) is 16.6. The van der Waals surface area contributed by atoms with Gasteiger partial charge in [-0.2, -0.15) is 0 Å². The number of fused-ring (bicyclic) bond motifs is 1. The fraction of sp³-hybridized carbons (Fsp3) is 0.286. The molecule has 0 aromatic heterocycles. The van der Waals surface area contributed by atoms with E-state index in [9.17, 15) is 14.4 Å². The highest BCUT2D eigenvalue weighted by molar-refractivity contribution is 6.35. The summed E-state index contributed by atoms with van der Waals surface area (Å²) in [4.78, 5) is 38.3. The van der Waals surface area contributed by atoms with E-state index in [1.807, 2.05) is 49.4 Å². The van der Waals surface area contributed by atoms with Crippen LogP contribution in [0.2, 0.25) is 0 Å². The van der Waals surface area contributed by atoms with Crippen LogP contribution in [0.15, 0.2) is 54.6 Å². The Kier molecular flexibility index (Phi) is 5.54. The minimum atomic E-state index is -0.830. The number of likely N-dealkylation sites (N-methyl/N-ethyl adjacent to an activating group) is 1. The monoisotopic (exact) mass is 365 g/mol. The third-order valence-corrected chi connectivity index (χ3v) is 4.75. The van der Waals surface area contributed by atoms with Gasteiger partial charge in [0.15, 0.2) is 0 Å². The lowest BCUT2D eigenvalue weighted by atomic mass is 10.1.